The maximum absolute atomic E-state index is 5.79. The number of nitrogens with two attached hydrogens (primary N) is 1. The van der Waals surface area contributed by atoms with Crippen molar-refractivity contribution in [1.82, 2.24) is 5.32 Å². The summed E-state index contributed by atoms with van der Waals surface area (Å²) >= 11 is 0. The SMILES string of the molecule is CCCCNC(N)=NCc1cccc(N(C)C)c1.I. The molecule has 0 aliphatic heterocycles. The number of aliphatic imine (C=N–C) groups is 1. The van der Waals surface area contributed by atoms with Crippen LogP contribution in [0.15, 0.2) is 29.3 Å². The maximum atomic E-state index is 5.79. The second-order valence-electron chi connectivity index (χ2n) is 4.55. The Balaban J connectivity index is 0.00000324. The van der Waals surface area contributed by atoms with Gasteiger partial charge >= 0.3 is 0 Å². The summed E-state index contributed by atoms with van der Waals surface area (Å²) in [6.07, 6.45) is 2.28. The summed E-state index contributed by atoms with van der Waals surface area (Å²) in [6, 6.07) is 8.32. The fourth-order valence-electron chi connectivity index (χ4n) is 1.56. The quantitative estimate of drug-likeness (QED) is 0.347. The van der Waals surface area contributed by atoms with Gasteiger partial charge in [-0.1, -0.05) is 25.5 Å². The van der Waals surface area contributed by atoms with Crippen LogP contribution in [0.3, 0.4) is 0 Å². The van der Waals surface area contributed by atoms with Crippen LogP contribution in [0, 0.1) is 0 Å². The van der Waals surface area contributed by atoms with Crippen LogP contribution < -0.4 is 16.0 Å². The van der Waals surface area contributed by atoms with Gasteiger partial charge in [0.15, 0.2) is 5.96 Å². The van der Waals surface area contributed by atoms with Crippen molar-refractivity contribution in [3.05, 3.63) is 29.8 Å². The molecule has 0 aliphatic carbocycles. The van der Waals surface area contributed by atoms with Crippen LogP contribution in [-0.4, -0.2) is 26.6 Å². The van der Waals surface area contributed by atoms with Gasteiger partial charge in [0.25, 0.3) is 0 Å². The van der Waals surface area contributed by atoms with Gasteiger partial charge in [0.2, 0.25) is 0 Å². The number of nitrogens with zero attached hydrogens (tertiary/aromatic N) is 2. The van der Waals surface area contributed by atoms with Crippen LogP contribution in [0.1, 0.15) is 25.3 Å². The molecule has 5 heteroatoms. The highest BCUT2D eigenvalue weighted by atomic mass is 127. The molecule has 0 aromatic heterocycles. The molecule has 1 aromatic rings. The van der Waals surface area contributed by atoms with E-state index >= 15 is 0 Å². The van der Waals surface area contributed by atoms with Crippen molar-refractivity contribution in [1.29, 1.82) is 0 Å². The van der Waals surface area contributed by atoms with Crippen molar-refractivity contribution in [3.8, 4) is 0 Å². The summed E-state index contributed by atoms with van der Waals surface area (Å²) < 4.78 is 0. The van der Waals surface area contributed by atoms with Gasteiger partial charge in [-0.15, -0.1) is 24.0 Å². The zero-order valence-electron chi connectivity index (χ0n) is 12.0. The predicted molar refractivity (Wildman–Crippen MR) is 94.4 cm³/mol. The number of anilines is 1. The fraction of sp³-hybridized carbons (Fsp3) is 0.500. The molecule has 0 amide bonds. The van der Waals surface area contributed by atoms with Crippen molar-refractivity contribution in [3.63, 3.8) is 0 Å². The van der Waals surface area contributed by atoms with Crippen LogP contribution in [-0.2, 0) is 6.54 Å². The first-order valence-electron chi connectivity index (χ1n) is 6.43. The number of hydrogen-bond acceptors (Lipinski definition) is 2. The Morgan fingerprint density at radius 1 is 1.37 bits per heavy atom. The summed E-state index contributed by atoms with van der Waals surface area (Å²) in [6.45, 7) is 3.66. The second-order valence-corrected chi connectivity index (χ2v) is 4.55. The van der Waals surface area contributed by atoms with E-state index in [9.17, 15) is 0 Å². The van der Waals surface area contributed by atoms with Gasteiger partial charge < -0.3 is 16.0 Å². The summed E-state index contributed by atoms with van der Waals surface area (Å²) in [7, 11) is 4.06. The molecule has 19 heavy (non-hydrogen) atoms. The molecule has 0 fully saturated rings. The Morgan fingerprint density at radius 3 is 2.74 bits per heavy atom. The van der Waals surface area contributed by atoms with E-state index in [4.69, 9.17) is 5.73 Å². The van der Waals surface area contributed by atoms with Crippen LogP contribution in [0.5, 0.6) is 0 Å². The molecule has 3 N–H and O–H groups in total. The van der Waals surface area contributed by atoms with Gasteiger partial charge in [0.1, 0.15) is 0 Å². The molecular weight excluding hydrogens is 351 g/mol. The number of hydrogen-bond donors (Lipinski definition) is 2. The Labute approximate surface area is 133 Å². The average molecular weight is 376 g/mol. The predicted octanol–water partition coefficient (Wildman–Crippen LogP) is 2.58. The number of unbranched alkanes of at least 4 members (excludes halogenated alkanes) is 1. The Kier molecular flexibility index (Phi) is 9.38. The van der Waals surface area contributed by atoms with Crippen LogP contribution in [0.25, 0.3) is 0 Å². The molecule has 1 aromatic carbocycles. The molecule has 0 bridgehead atoms. The first-order chi connectivity index (χ1) is 8.63. The van der Waals surface area contributed by atoms with Gasteiger partial charge in [-0.2, -0.15) is 0 Å². The van der Waals surface area contributed by atoms with E-state index < -0.39 is 0 Å². The molecule has 0 heterocycles. The van der Waals surface area contributed by atoms with Crippen LogP contribution in [0.2, 0.25) is 0 Å². The number of benzene rings is 1. The smallest absolute Gasteiger partial charge is 0.188 e. The van der Waals surface area contributed by atoms with Gasteiger partial charge in [0.05, 0.1) is 6.54 Å². The molecule has 0 saturated carbocycles. The van der Waals surface area contributed by atoms with E-state index in [1.54, 1.807) is 0 Å². The lowest BCUT2D eigenvalue weighted by Gasteiger charge is -2.13. The Morgan fingerprint density at radius 2 is 2.11 bits per heavy atom. The van der Waals surface area contributed by atoms with Crippen LogP contribution in [0.4, 0.5) is 5.69 Å². The molecule has 0 radical (unpaired) electrons. The van der Waals surface area contributed by atoms with Gasteiger partial charge in [-0.05, 0) is 24.1 Å². The minimum atomic E-state index is 0. The van der Waals surface area contributed by atoms with E-state index in [2.05, 4.69) is 40.3 Å². The zero-order chi connectivity index (χ0) is 13.4. The Hall–Kier alpha value is -0.980. The van der Waals surface area contributed by atoms with Crippen molar-refractivity contribution in [2.24, 2.45) is 10.7 Å². The van der Waals surface area contributed by atoms with E-state index in [0.717, 1.165) is 19.4 Å². The van der Waals surface area contributed by atoms with Crippen molar-refractivity contribution < 1.29 is 0 Å². The number of rotatable bonds is 6. The van der Waals surface area contributed by atoms with E-state index in [1.807, 2.05) is 20.2 Å². The van der Waals surface area contributed by atoms with Gasteiger partial charge in [0, 0.05) is 26.3 Å². The zero-order valence-corrected chi connectivity index (χ0v) is 14.3. The van der Waals surface area contributed by atoms with Crippen molar-refractivity contribution >= 4 is 35.6 Å². The van der Waals surface area contributed by atoms with Crippen molar-refractivity contribution in [2.75, 3.05) is 25.5 Å². The van der Waals surface area contributed by atoms with Gasteiger partial charge in [-0.3, -0.25) is 0 Å². The minimum absolute atomic E-state index is 0. The standard InChI is InChI=1S/C14H24N4.HI/c1-4-5-9-16-14(15)17-11-12-7-6-8-13(10-12)18(2)3;/h6-8,10H,4-5,9,11H2,1-3H3,(H3,15,16,17);1H. The topological polar surface area (TPSA) is 53.6 Å². The number of guanidine groups is 1. The lowest BCUT2D eigenvalue weighted by atomic mass is 10.2. The summed E-state index contributed by atoms with van der Waals surface area (Å²) in [5.74, 6) is 0.527. The monoisotopic (exact) mass is 376 g/mol. The summed E-state index contributed by atoms with van der Waals surface area (Å²) in [5.41, 5.74) is 8.14. The highest BCUT2D eigenvalue weighted by Crippen LogP contribution is 2.13. The lowest BCUT2D eigenvalue weighted by molar-refractivity contribution is 0.748. The lowest BCUT2D eigenvalue weighted by Crippen LogP contribution is -2.32. The molecule has 0 unspecified atom stereocenters. The highest BCUT2D eigenvalue weighted by molar-refractivity contribution is 14.0. The molecule has 4 nitrogen and oxygen atoms in total. The number of nitrogens with one attached hydrogen (secondary N) is 1. The van der Waals surface area contributed by atoms with Crippen molar-refractivity contribution in [2.45, 2.75) is 26.3 Å². The molecule has 108 valence electrons. The van der Waals surface area contributed by atoms with Gasteiger partial charge in [-0.25, -0.2) is 4.99 Å². The molecule has 0 atom stereocenters. The van der Waals surface area contributed by atoms with E-state index in [-0.39, 0.29) is 24.0 Å². The highest BCUT2D eigenvalue weighted by Gasteiger charge is 1.97. The van der Waals surface area contributed by atoms with E-state index in [1.165, 1.54) is 11.3 Å². The third-order valence-electron chi connectivity index (χ3n) is 2.70. The molecule has 0 saturated heterocycles. The normalized spacial score (nSPS) is 10.8. The average Bonchev–Trinajstić information content (AvgIpc) is 2.37. The third kappa shape index (κ3) is 7.25. The number of halogens is 1. The molecular formula is C14H25IN4. The maximum Gasteiger partial charge on any atom is 0.188 e. The molecule has 1 rings (SSSR count). The molecule has 0 aliphatic rings. The largest absolute Gasteiger partial charge is 0.378 e. The first kappa shape index (κ1) is 18.0. The third-order valence-corrected chi connectivity index (χ3v) is 2.70. The molecule has 0 spiro atoms. The second kappa shape index (κ2) is 9.89. The fourth-order valence-corrected chi connectivity index (χ4v) is 1.56. The summed E-state index contributed by atoms with van der Waals surface area (Å²) in [5, 5.41) is 3.11. The Bertz CT molecular complexity index is 391. The van der Waals surface area contributed by atoms with Crippen LogP contribution >= 0.6 is 24.0 Å². The van der Waals surface area contributed by atoms with E-state index in [0.29, 0.717) is 12.5 Å². The summed E-state index contributed by atoms with van der Waals surface area (Å²) in [4.78, 5) is 6.41. The first-order valence-corrected chi connectivity index (χ1v) is 6.43. The minimum Gasteiger partial charge on any atom is -0.378 e.